The predicted molar refractivity (Wildman–Crippen MR) is 167 cm³/mol. The summed E-state index contributed by atoms with van der Waals surface area (Å²) in [6.07, 6.45) is 0. The number of thiocarbonyl (C=S) groups is 1. The Morgan fingerprint density at radius 1 is 1.10 bits per heavy atom. The van der Waals surface area contributed by atoms with Gasteiger partial charge in [0.05, 0.1) is 27.1 Å². The van der Waals surface area contributed by atoms with Crippen molar-refractivity contribution in [3.63, 3.8) is 0 Å². The van der Waals surface area contributed by atoms with Gasteiger partial charge in [0, 0.05) is 43.2 Å². The Morgan fingerprint density at radius 2 is 1.80 bits per heavy atom. The third-order valence-electron chi connectivity index (χ3n) is 5.64. The number of nitrogen functional groups attached to an aromatic ring is 1. The molecule has 0 aliphatic rings. The fourth-order valence-corrected chi connectivity index (χ4v) is 5.22. The van der Waals surface area contributed by atoms with E-state index in [1.165, 1.54) is 30.2 Å². The Kier molecular flexibility index (Phi) is 9.52. The second-order valence-electron chi connectivity index (χ2n) is 8.72. The van der Waals surface area contributed by atoms with Gasteiger partial charge >= 0.3 is 0 Å². The number of rotatable bonds is 10. The summed E-state index contributed by atoms with van der Waals surface area (Å²) in [6.45, 7) is 1.92. The van der Waals surface area contributed by atoms with Crippen LogP contribution in [0.5, 0.6) is 17.2 Å². The van der Waals surface area contributed by atoms with Crippen molar-refractivity contribution >= 4 is 67.9 Å². The Balaban J connectivity index is 1.52. The molecule has 12 nitrogen and oxygen atoms in total. The van der Waals surface area contributed by atoms with Crippen molar-refractivity contribution in [1.82, 2.24) is 20.0 Å². The summed E-state index contributed by atoms with van der Waals surface area (Å²) in [5, 5.41) is 10.7. The largest absolute Gasteiger partial charge is 0.493 e. The molecule has 0 saturated carbocycles. The molecular formula is C26H29N7O5S3. The fourth-order valence-electron chi connectivity index (χ4n) is 3.63. The third-order valence-corrected chi connectivity index (χ3v) is 8.36. The van der Waals surface area contributed by atoms with Crippen LogP contribution in [-0.4, -0.2) is 71.4 Å². The average Bonchev–Trinajstić information content (AvgIpc) is 3.58. The minimum atomic E-state index is -0.174. The van der Waals surface area contributed by atoms with Crippen molar-refractivity contribution in [2.75, 3.05) is 57.5 Å². The van der Waals surface area contributed by atoms with Crippen LogP contribution in [0, 0.1) is 6.92 Å². The number of thioether (sulfide) groups is 1. The Hall–Kier alpha value is -4.08. The summed E-state index contributed by atoms with van der Waals surface area (Å²) >= 11 is 7.77. The molecule has 4 aromatic rings. The van der Waals surface area contributed by atoms with E-state index < -0.39 is 0 Å². The lowest BCUT2D eigenvalue weighted by molar-refractivity contribution is -0.113. The SMILES string of the molecule is COc1cc(Nc2nc(N)c(-c3nc(-c4cc(NC(=O)CSC(=S)N(C)C)ccc4C)no3)s2)cc(OC)c1OC. The van der Waals surface area contributed by atoms with Gasteiger partial charge in [-0.2, -0.15) is 4.98 Å². The lowest BCUT2D eigenvalue weighted by Crippen LogP contribution is -2.20. The molecule has 4 rings (SSSR count). The number of carbonyl (C=O) groups excluding carboxylic acids is 1. The molecule has 0 aliphatic heterocycles. The summed E-state index contributed by atoms with van der Waals surface area (Å²) in [5.41, 5.74) is 9.07. The number of nitrogens with one attached hydrogen (secondary N) is 2. The summed E-state index contributed by atoms with van der Waals surface area (Å²) in [6, 6.07) is 9.00. The zero-order valence-electron chi connectivity index (χ0n) is 23.2. The number of nitrogens with zero attached hydrogens (tertiary/aromatic N) is 4. The molecule has 2 aromatic carbocycles. The van der Waals surface area contributed by atoms with Gasteiger partial charge in [-0.05, 0) is 24.6 Å². The number of hydrogen-bond donors (Lipinski definition) is 3. The molecule has 15 heteroatoms. The molecule has 4 N–H and O–H groups in total. The summed E-state index contributed by atoms with van der Waals surface area (Å²) in [7, 11) is 8.30. The van der Waals surface area contributed by atoms with E-state index in [1.807, 2.05) is 33.2 Å². The number of carbonyl (C=O) groups is 1. The van der Waals surface area contributed by atoms with Gasteiger partial charge in [-0.15, -0.1) is 0 Å². The van der Waals surface area contributed by atoms with E-state index >= 15 is 0 Å². The minimum Gasteiger partial charge on any atom is -0.493 e. The maximum absolute atomic E-state index is 12.4. The molecule has 0 unspecified atom stereocenters. The number of thiazole rings is 1. The predicted octanol–water partition coefficient (Wildman–Crippen LogP) is 5.04. The normalized spacial score (nSPS) is 10.7. The van der Waals surface area contributed by atoms with Crippen molar-refractivity contribution in [1.29, 1.82) is 0 Å². The summed E-state index contributed by atoms with van der Waals surface area (Å²) in [5.74, 6) is 2.28. The lowest BCUT2D eigenvalue weighted by Gasteiger charge is -2.14. The molecular weight excluding hydrogens is 587 g/mol. The molecule has 2 aromatic heterocycles. The van der Waals surface area contributed by atoms with Gasteiger partial charge in [0.25, 0.3) is 5.89 Å². The minimum absolute atomic E-state index is 0.174. The highest BCUT2D eigenvalue weighted by Gasteiger charge is 2.20. The van der Waals surface area contributed by atoms with E-state index in [2.05, 4.69) is 25.8 Å². The maximum Gasteiger partial charge on any atom is 0.272 e. The third kappa shape index (κ3) is 6.99. The molecule has 0 bridgehead atoms. The number of aromatic nitrogens is 3. The maximum atomic E-state index is 12.4. The topological polar surface area (TPSA) is 150 Å². The van der Waals surface area contributed by atoms with Crippen LogP contribution in [0.4, 0.5) is 22.3 Å². The van der Waals surface area contributed by atoms with E-state index in [1.54, 1.807) is 37.3 Å². The first-order valence-electron chi connectivity index (χ1n) is 12.1. The standard InChI is InChI=1S/C26H29N7O5S3/c1-13-7-8-14(28-19(34)12-40-26(39)33(2)3)9-16(13)23-31-24(38-32-23)21-22(27)30-25(41-21)29-15-10-17(35-4)20(37-6)18(11-15)36-5/h7-11H,12,27H2,1-6H3,(H,28,34)(H,29,30). The van der Waals surface area contributed by atoms with Crippen LogP contribution in [0.3, 0.4) is 0 Å². The van der Waals surface area contributed by atoms with Crippen molar-refractivity contribution in [2.24, 2.45) is 0 Å². The summed E-state index contributed by atoms with van der Waals surface area (Å²) in [4.78, 5) is 23.7. The number of benzene rings is 2. The summed E-state index contributed by atoms with van der Waals surface area (Å²) < 4.78 is 22.4. The quantitative estimate of drug-likeness (QED) is 0.205. The van der Waals surface area contributed by atoms with Crippen LogP contribution in [0.2, 0.25) is 0 Å². The molecule has 0 spiro atoms. The number of ether oxygens (including phenoxy) is 3. The van der Waals surface area contributed by atoms with Crippen molar-refractivity contribution < 1.29 is 23.5 Å². The van der Waals surface area contributed by atoms with Gasteiger partial charge in [0.1, 0.15) is 15.0 Å². The van der Waals surface area contributed by atoms with Gasteiger partial charge < -0.3 is 40.0 Å². The number of hydrogen-bond acceptors (Lipinski definition) is 13. The average molecular weight is 616 g/mol. The number of aryl methyl sites for hydroxylation is 1. The van der Waals surface area contributed by atoms with Gasteiger partial charge in [0.2, 0.25) is 17.5 Å². The first-order valence-corrected chi connectivity index (χ1v) is 14.3. The van der Waals surface area contributed by atoms with E-state index in [-0.39, 0.29) is 23.4 Å². The number of anilines is 4. The van der Waals surface area contributed by atoms with Crippen molar-refractivity contribution in [3.8, 4) is 39.4 Å². The fraction of sp³-hybridized carbons (Fsp3) is 0.269. The monoisotopic (exact) mass is 615 g/mol. The van der Waals surface area contributed by atoms with Crippen molar-refractivity contribution in [2.45, 2.75) is 6.92 Å². The number of amides is 1. The molecule has 0 fully saturated rings. The second kappa shape index (κ2) is 13.1. The Morgan fingerprint density at radius 3 is 2.44 bits per heavy atom. The van der Waals surface area contributed by atoms with Crippen LogP contribution in [0.25, 0.3) is 22.2 Å². The van der Waals surface area contributed by atoms with Crippen LogP contribution in [0.1, 0.15) is 5.56 Å². The van der Waals surface area contributed by atoms with Gasteiger partial charge in [-0.25, -0.2) is 4.98 Å². The van der Waals surface area contributed by atoms with Gasteiger partial charge in [0.15, 0.2) is 16.6 Å². The molecule has 216 valence electrons. The highest BCUT2D eigenvalue weighted by molar-refractivity contribution is 8.23. The van der Waals surface area contributed by atoms with E-state index in [0.717, 1.165) is 5.56 Å². The van der Waals surface area contributed by atoms with E-state index in [4.69, 9.17) is 36.7 Å². The smallest absolute Gasteiger partial charge is 0.272 e. The highest BCUT2D eigenvalue weighted by Crippen LogP contribution is 2.42. The van der Waals surface area contributed by atoms with Crippen LogP contribution >= 0.6 is 35.3 Å². The van der Waals surface area contributed by atoms with Crippen LogP contribution in [-0.2, 0) is 4.79 Å². The Bertz CT molecular complexity index is 1550. The first-order chi connectivity index (χ1) is 19.6. The second-order valence-corrected chi connectivity index (χ2v) is 11.3. The zero-order chi connectivity index (χ0) is 29.7. The Labute approximate surface area is 250 Å². The molecule has 0 atom stereocenters. The van der Waals surface area contributed by atoms with Crippen LogP contribution < -0.4 is 30.6 Å². The van der Waals surface area contributed by atoms with E-state index in [9.17, 15) is 4.79 Å². The van der Waals surface area contributed by atoms with Gasteiger partial charge in [-0.1, -0.05) is 46.5 Å². The molecule has 2 heterocycles. The number of nitrogens with two attached hydrogens (primary N) is 1. The van der Waals surface area contributed by atoms with Gasteiger partial charge in [-0.3, -0.25) is 4.79 Å². The first kappa shape index (κ1) is 29.9. The number of methoxy groups -OCH3 is 3. The molecule has 1 amide bonds. The van der Waals surface area contributed by atoms with Crippen LogP contribution in [0.15, 0.2) is 34.9 Å². The van der Waals surface area contributed by atoms with Crippen molar-refractivity contribution in [3.05, 3.63) is 35.9 Å². The lowest BCUT2D eigenvalue weighted by atomic mass is 10.1. The highest BCUT2D eigenvalue weighted by atomic mass is 32.2. The molecule has 41 heavy (non-hydrogen) atoms. The molecule has 0 radical (unpaired) electrons. The molecule has 0 aliphatic carbocycles. The van der Waals surface area contributed by atoms with E-state index in [0.29, 0.717) is 54.3 Å². The molecule has 0 saturated heterocycles. The zero-order valence-corrected chi connectivity index (χ0v) is 25.7.